The molecular weight excluding hydrogens is 312 g/mol. The van der Waals surface area contributed by atoms with Crippen molar-refractivity contribution in [2.75, 3.05) is 0 Å². The number of nitrogens with zero attached hydrogens (tertiary/aromatic N) is 2. The maximum Gasteiger partial charge on any atom is 0.283 e. The molecule has 6 nitrogen and oxygen atoms in total. The third-order valence-corrected chi connectivity index (χ3v) is 3.99. The van der Waals surface area contributed by atoms with Gasteiger partial charge in [-0.1, -0.05) is 30.4 Å². The number of aromatic nitrogens is 2. The fourth-order valence-corrected chi connectivity index (χ4v) is 2.81. The Kier molecular flexibility index (Phi) is 2.95. The third-order valence-electron chi connectivity index (χ3n) is 3.70. The first-order chi connectivity index (χ1) is 11.1. The van der Waals surface area contributed by atoms with Crippen LogP contribution in [0, 0.1) is 0 Å². The van der Waals surface area contributed by atoms with Gasteiger partial charge in [0.2, 0.25) is 0 Å². The summed E-state index contributed by atoms with van der Waals surface area (Å²) in [6.07, 6.45) is 5.03. The Balaban J connectivity index is 1.97. The highest BCUT2D eigenvalue weighted by molar-refractivity contribution is 7.82. The van der Waals surface area contributed by atoms with Crippen LogP contribution in [0.25, 0.3) is 28.0 Å². The molecule has 23 heavy (non-hydrogen) atoms. The Bertz CT molecular complexity index is 982. The molecule has 0 spiro atoms. The van der Waals surface area contributed by atoms with Gasteiger partial charge in [0.25, 0.3) is 11.8 Å². The number of nitrogens with one attached hydrogen (secondary N) is 2. The molecule has 1 aliphatic heterocycles. The molecule has 0 unspecified atom stereocenters. The maximum absolute atomic E-state index is 12.0. The lowest BCUT2D eigenvalue weighted by molar-refractivity contribution is -0.122. The number of thiocarbonyl (C=S) groups is 1. The van der Waals surface area contributed by atoms with Gasteiger partial charge < -0.3 is 15.2 Å². The van der Waals surface area contributed by atoms with Gasteiger partial charge in [0.15, 0.2) is 4.99 Å². The number of para-hydroxylation sites is 1. The zero-order valence-electron chi connectivity index (χ0n) is 11.7. The van der Waals surface area contributed by atoms with Crippen LogP contribution >= 0.6 is 12.2 Å². The summed E-state index contributed by atoms with van der Waals surface area (Å²) >= 11 is 4.77. The molecule has 112 valence electrons. The Morgan fingerprint density at radius 1 is 1.00 bits per heavy atom. The lowest BCUT2D eigenvalue weighted by atomic mass is 10.2. The Labute approximate surface area is 135 Å². The van der Waals surface area contributed by atoms with E-state index >= 15 is 0 Å². The van der Waals surface area contributed by atoms with Crippen molar-refractivity contribution in [1.29, 1.82) is 0 Å². The zero-order chi connectivity index (χ0) is 16.0. The van der Waals surface area contributed by atoms with Gasteiger partial charge in [-0.3, -0.25) is 14.6 Å². The second-order valence-corrected chi connectivity index (χ2v) is 5.47. The first-order valence-corrected chi connectivity index (χ1v) is 7.27. The largest absolute Gasteiger partial charge is 0.314 e. The van der Waals surface area contributed by atoms with E-state index in [1.54, 1.807) is 18.6 Å². The highest BCUT2D eigenvalue weighted by atomic mass is 32.1. The number of fused-ring (bicyclic) bond motifs is 3. The quantitative estimate of drug-likeness (QED) is 0.527. The predicted octanol–water partition coefficient (Wildman–Crippen LogP) is 1.56. The van der Waals surface area contributed by atoms with E-state index in [1.165, 1.54) is 0 Å². The molecular formula is C16H10N4O2S. The number of pyridine rings is 1. The summed E-state index contributed by atoms with van der Waals surface area (Å²) in [5, 5.41) is 6.94. The molecule has 1 aromatic carbocycles. The van der Waals surface area contributed by atoms with E-state index in [2.05, 4.69) is 15.6 Å². The second kappa shape index (κ2) is 4.99. The molecule has 0 aliphatic carbocycles. The molecule has 2 amide bonds. The van der Waals surface area contributed by atoms with Gasteiger partial charge in [-0.2, -0.15) is 0 Å². The summed E-state index contributed by atoms with van der Waals surface area (Å²) in [7, 11) is 0. The number of piperazine rings is 1. The summed E-state index contributed by atoms with van der Waals surface area (Å²) in [5.41, 5.74) is 1.89. The summed E-state index contributed by atoms with van der Waals surface area (Å²) in [5.74, 6) is -0.936. The van der Waals surface area contributed by atoms with Crippen LogP contribution in [0.5, 0.6) is 0 Å². The van der Waals surface area contributed by atoms with E-state index < -0.39 is 11.8 Å². The molecule has 0 bridgehead atoms. The highest BCUT2D eigenvalue weighted by Crippen LogP contribution is 2.28. The van der Waals surface area contributed by atoms with E-state index in [4.69, 9.17) is 12.2 Å². The van der Waals surface area contributed by atoms with Gasteiger partial charge in [-0.05, 0) is 12.1 Å². The minimum absolute atomic E-state index is 0.129. The van der Waals surface area contributed by atoms with Crippen LogP contribution in [-0.4, -0.2) is 26.4 Å². The van der Waals surface area contributed by atoms with E-state index in [-0.39, 0.29) is 10.7 Å². The van der Waals surface area contributed by atoms with Crippen molar-refractivity contribution in [1.82, 2.24) is 20.2 Å². The fourth-order valence-electron chi connectivity index (χ4n) is 2.67. The average Bonchev–Trinajstić information content (AvgIpc) is 2.87. The van der Waals surface area contributed by atoms with E-state index in [9.17, 15) is 9.59 Å². The van der Waals surface area contributed by atoms with Crippen molar-refractivity contribution in [3.63, 3.8) is 0 Å². The first kappa shape index (κ1) is 13.6. The van der Waals surface area contributed by atoms with Crippen molar-refractivity contribution >= 4 is 57.0 Å². The smallest absolute Gasteiger partial charge is 0.283 e. The van der Waals surface area contributed by atoms with E-state index in [1.807, 2.05) is 34.9 Å². The van der Waals surface area contributed by atoms with Crippen LogP contribution in [0.3, 0.4) is 0 Å². The van der Waals surface area contributed by atoms with Gasteiger partial charge in [0.1, 0.15) is 5.70 Å². The molecule has 4 rings (SSSR count). The SMILES string of the molecule is O=C1N/C(=C/n2c3ccccc3c3ccncc32)C(=O)NC1=S. The second-order valence-electron chi connectivity index (χ2n) is 5.06. The van der Waals surface area contributed by atoms with Crippen molar-refractivity contribution < 1.29 is 9.59 Å². The average molecular weight is 322 g/mol. The van der Waals surface area contributed by atoms with Crippen LogP contribution in [0.2, 0.25) is 0 Å². The van der Waals surface area contributed by atoms with Gasteiger partial charge >= 0.3 is 0 Å². The lowest BCUT2D eigenvalue weighted by Crippen LogP contribution is -2.50. The summed E-state index contributed by atoms with van der Waals surface area (Å²) < 4.78 is 1.83. The van der Waals surface area contributed by atoms with Crippen molar-refractivity contribution in [3.05, 3.63) is 48.4 Å². The number of rotatable bonds is 1. The van der Waals surface area contributed by atoms with Crippen LogP contribution in [0.4, 0.5) is 0 Å². The zero-order valence-corrected chi connectivity index (χ0v) is 12.6. The van der Waals surface area contributed by atoms with Crippen LogP contribution in [0.1, 0.15) is 0 Å². The van der Waals surface area contributed by atoms with Crippen LogP contribution in [-0.2, 0) is 9.59 Å². The number of hydrogen-bond acceptors (Lipinski definition) is 4. The number of carbonyl (C=O) groups excluding carboxylic acids is 2. The molecule has 0 atom stereocenters. The summed E-state index contributed by atoms with van der Waals surface area (Å²) in [6, 6.07) is 9.73. The monoisotopic (exact) mass is 322 g/mol. The molecule has 3 heterocycles. The topological polar surface area (TPSA) is 76.0 Å². The van der Waals surface area contributed by atoms with E-state index in [0.29, 0.717) is 0 Å². The minimum Gasteiger partial charge on any atom is -0.314 e. The first-order valence-electron chi connectivity index (χ1n) is 6.86. The maximum atomic E-state index is 12.0. The van der Waals surface area contributed by atoms with Crippen molar-refractivity contribution in [2.24, 2.45) is 0 Å². The number of benzene rings is 1. The number of hydrogen-bond donors (Lipinski definition) is 2. The van der Waals surface area contributed by atoms with Crippen LogP contribution < -0.4 is 10.6 Å². The van der Waals surface area contributed by atoms with Gasteiger partial charge in [-0.25, -0.2) is 0 Å². The molecule has 3 aromatic rings. The molecule has 2 N–H and O–H groups in total. The Morgan fingerprint density at radius 3 is 2.65 bits per heavy atom. The van der Waals surface area contributed by atoms with Gasteiger partial charge in [-0.15, -0.1) is 0 Å². The van der Waals surface area contributed by atoms with Crippen molar-refractivity contribution in [3.8, 4) is 0 Å². The normalized spacial score (nSPS) is 16.9. The lowest BCUT2D eigenvalue weighted by Gasteiger charge is -2.17. The summed E-state index contributed by atoms with van der Waals surface area (Å²) in [6.45, 7) is 0. The van der Waals surface area contributed by atoms with Gasteiger partial charge in [0, 0.05) is 23.2 Å². The van der Waals surface area contributed by atoms with E-state index in [0.717, 1.165) is 21.8 Å². The number of amides is 2. The fraction of sp³-hybridized carbons (Fsp3) is 0. The summed E-state index contributed by atoms with van der Waals surface area (Å²) in [4.78, 5) is 27.7. The molecule has 7 heteroatoms. The molecule has 1 aliphatic rings. The Hall–Kier alpha value is -3.06. The molecule has 0 saturated carbocycles. The van der Waals surface area contributed by atoms with Gasteiger partial charge in [0.05, 0.1) is 17.2 Å². The van der Waals surface area contributed by atoms with Crippen LogP contribution in [0.15, 0.2) is 48.4 Å². The minimum atomic E-state index is -0.496. The molecule has 1 fully saturated rings. The molecule has 2 aromatic heterocycles. The Morgan fingerprint density at radius 2 is 1.78 bits per heavy atom. The highest BCUT2D eigenvalue weighted by Gasteiger charge is 2.25. The predicted molar refractivity (Wildman–Crippen MR) is 90.4 cm³/mol. The van der Waals surface area contributed by atoms with Crippen molar-refractivity contribution in [2.45, 2.75) is 0 Å². The third kappa shape index (κ3) is 2.09. The molecule has 0 radical (unpaired) electrons. The standard InChI is InChI=1S/C16H10N4O2S/c21-14-11(18-15(22)16(23)19-14)8-20-12-4-2-1-3-9(12)10-5-6-17-7-13(10)20/h1-8H,(H,18,22)(H,19,21,23)/b11-8+. The molecule has 1 saturated heterocycles. The number of carbonyl (C=O) groups is 2.